The summed E-state index contributed by atoms with van der Waals surface area (Å²) in [5, 5.41) is 13.6. The van der Waals surface area contributed by atoms with E-state index in [0.29, 0.717) is 0 Å². The maximum absolute atomic E-state index is 10.5. The van der Waals surface area contributed by atoms with E-state index in [-0.39, 0.29) is 16.2 Å². The smallest absolute Gasteiger partial charge is 0.190 e. The van der Waals surface area contributed by atoms with Crippen LogP contribution in [0.2, 0.25) is 0 Å². The van der Waals surface area contributed by atoms with Gasteiger partial charge in [-0.1, -0.05) is 27.7 Å². The molecule has 2 aliphatic carbocycles. The summed E-state index contributed by atoms with van der Waals surface area (Å²) in [5.41, 5.74) is 1.03. The van der Waals surface area contributed by atoms with Gasteiger partial charge in [-0.3, -0.25) is 0 Å². The number of nitro groups is 1. The van der Waals surface area contributed by atoms with E-state index in [1.807, 2.05) is 0 Å². The molecule has 2 fully saturated rings. The molecule has 0 heterocycles. The van der Waals surface area contributed by atoms with Gasteiger partial charge in [-0.2, -0.15) is 0 Å². The summed E-state index contributed by atoms with van der Waals surface area (Å²) in [6, 6.07) is 0. The first-order valence-electron chi connectivity index (χ1n) is 5.45. The lowest BCUT2D eigenvalue weighted by Gasteiger charge is -2.37. The molecule has 0 radical (unpaired) electrons. The summed E-state index contributed by atoms with van der Waals surface area (Å²) in [6.07, 6.45) is 2.98. The summed E-state index contributed by atoms with van der Waals surface area (Å²) in [7, 11) is 0. The second-order valence-corrected chi connectivity index (χ2v) is 5.98. The van der Waals surface area contributed by atoms with Crippen LogP contribution in [0, 0.1) is 26.4 Å². The maximum atomic E-state index is 10.5. The van der Waals surface area contributed by atoms with Crippen LogP contribution in [-0.4, -0.2) is 10.7 Å². The fourth-order valence-electron chi connectivity index (χ4n) is 3.44. The Hall–Kier alpha value is -0.930. The molecule has 84 valence electrons. The second kappa shape index (κ2) is 2.60. The van der Waals surface area contributed by atoms with E-state index in [4.69, 9.17) is 0 Å². The standard InChI is InChI=1S/C11H18N2O2/c1-9(2)10(3)5-6-11(9,4)8(7-10)12-13(14)15/h5-7H2,1-4H3. The predicted molar refractivity (Wildman–Crippen MR) is 58.3 cm³/mol. The molecule has 0 aromatic heterocycles. The van der Waals surface area contributed by atoms with Gasteiger partial charge >= 0.3 is 0 Å². The summed E-state index contributed by atoms with van der Waals surface area (Å²) in [6.45, 7) is 8.82. The summed E-state index contributed by atoms with van der Waals surface area (Å²) >= 11 is 0. The quantitative estimate of drug-likeness (QED) is 0.493. The highest BCUT2D eigenvalue weighted by Crippen LogP contribution is 2.70. The van der Waals surface area contributed by atoms with Crippen LogP contribution in [-0.2, 0) is 0 Å². The van der Waals surface area contributed by atoms with Crippen molar-refractivity contribution in [1.29, 1.82) is 0 Å². The normalized spacial score (nSPS) is 44.9. The summed E-state index contributed by atoms with van der Waals surface area (Å²) < 4.78 is 0. The molecule has 2 atom stereocenters. The van der Waals surface area contributed by atoms with Crippen molar-refractivity contribution in [2.75, 3.05) is 0 Å². The SMILES string of the molecule is CC12CCC(C)(C(=N[N+](=O)[O-])C1)C2(C)C. The van der Waals surface area contributed by atoms with Crippen molar-refractivity contribution in [3.63, 3.8) is 0 Å². The average molecular weight is 210 g/mol. The zero-order chi connectivity index (χ0) is 11.5. The number of hydrazone groups is 1. The Morgan fingerprint density at radius 3 is 2.20 bits per heavy atom. The highest BCUT2D eigenvalue weighted by Gasteiger charge is 2.67. The molecule has 2 bridgehead atoms. The van der Waals surface area contributed by atoms with Crippen molar-refractivity contribution in [2.45, 2.75) is 47.0 Å². The van der Waals surface area contributed by atoms with E-state index in [1.165, 1.54) is 0 Å². The zero-order valence-corrected chi connectivity index (χ0v) is 9.83. The fourth-order valence-corrected chi connectivity index (χ4v) is 3.44. The first-order chi connectivity index (χ1) is 6.73. The Balaban J connectivity index is 2.50. The number of rotatable bonds is 1. The van der Waals surface area contributed by atoms with Gasteiger partial charge in [0.25, 0.3) is 0 Å². The first kappa shape index (κ1) is 10.6. The van der Waals surface area contributed by atoms with Crippen LogP contribution in [0.3, 0.4) is 0 Å². The van der Waals surface area contributed by atoms with Gasteiger partial charge in [0, 0.05) is 5.41 Å². The van der Waals surface area contributed by atoms with Crippen LogP contribution < -0.4 is 0 Å². The third-order valence-electron chi connectivity index (χ3n) is 5.46. The van der Waals surface area contributed by atoms with Gasteiger partial charge < -0.3 is 0 Å². The molecule has 15 heavy (non-hydrogen) atoms. The third kappa shape index (κ3) is 1.05. The zero-order valence-electron chi connectivity index (χ0n) is 9.83. The Morgan fingerprint density at radius 2 is 1.87 bits per heavy atom. The molecule has 0 aliphatic heterocycles. The van der Waals surface area contributed by atoms with Crippen LogP contribution in [0.25, 0.3) is 0 Å². The van der Waals surface area contributed by atoms with Gasteiger partial charge in [-0.25, -0.2) is 10.1 Å². The van der Waals surface area contributed by atoms with Gasteiger partial charge in [-0.05, 0) is 30.1 Å². The topological polar surface area (TPSA) is 55.5 Å². The van der Waals surface area contributed by atoms with Crippen LogP contribution in [0.15, 0.2) is 5.10 Å². The monoisotopic (exact) mass is 210 g/mol. The predicted octanol–water partition coefficient (Wildman–Crippen LogP) is 2.86. The Morgan fingerprint density at radius 1 is 1.27 bits per heavy atom. The number of hydrogen-bond donors (Lipinski definition) is 0. The molecule has 4 nitrogen and oxygen atoms in total. The minimum absolute atomic E-state index is 0.0746. The van der Waals surface area contributed by atoms with Gasteiger partial charge in [0.15, 0.2) is 5.03 Å². The van der Waals surface area contributed by atoms with Crippen molar-refractivity contribution in [2.24, 2.45) is 21.3 Å². The average Bonchev–Trinajstić information content (AvgIpc) is 2.33. The Bertz CT molecular complexity index is 362. The first-order valence-corrected chi connectivity index (χ1v) is 5.45. The van der Waals surface area contributed by atoms with Crippen molar-refractivity contribution in [1.82, 2.24) is 0 Å². The van der Waals surface area contributed by atoms with Gasteiger partial charge in [0.1, 0.15) is 0 Å². The van der Waals surface area contributed by atoms with Crippen LogP contribution >= 0.6 is 0 Å². The minimum Gasteiger partial charge on any atom is -0.233 e. The van der Waals surface area contributed by atoms with Crippen molar-refractivity contribution < 1.29 is 5.03 Å². The fraction of sp³-hybridized carbons (Fsp3) is 0.909. The third-order valence-corrected chi connectivity index (χ3v) is 5.46. The maximum Gasteiger partial charge on any atom is 0.190 e. The molecule has 2 aliphatic rings. The molecule has 0 aromatic carbocycles. The second-order valence-electron chi connectivity index (χ2n) is 5.98. The van der Waals surface area contributed by atoms with Crippen molar-refractivity contribution in [3.8, 4) is 0 Å². The minimum atomic E-state index is -0.541. The molecule has 4 heteroatoms. The highest BCUT2D eigenvalue weighted by molar-refractivity contribution is 5.94. The molecule has 0 amide bonds. The van der Waals surface area contributed by atoms with E-state index in [9.17, 15) is 10.1 Å². The van der Waals surface area contributed by atoms with Gasteiger partial charge in [-0.15, -0.1) is 0 Å². The molecule has 2 unspecified atom stereocenters. The Labute approximate surface area is 89.9 Å². The van der Waals surface area contributed by atoms with Crippen molar-refractivity contribution >= 4 is 5.71 Å². The molecular formula is C11H18N2O2. The largest absolute Gasteiger partial charge is 0.233 e. The lowest BCUT2D eigenvalue weighted by Crippen LogP contribution is -2.34. The van der Waals surface area contributed by atoms with Gasteiger partial charge in [0.05, 0.1) is 10.8 Å². The Kier molecular flexibility index (Phi) is 1.83. The lowest BCUT2D eigenvalue weighted by atomic mass is 9.66. The summed E-state index contributed by atoms with van der Waals surface area (Å²) in [5.74, 6) is 0. The number of nitrogens with zero attached hydrogens (tertiary/aromatic N) is 2. The van der Waals surface area contributed by atoms with E-state index >= 15 is 0 Å². The molecular weight excluding hydrogens is 192 g/mol. The number of hydrogen-bond acceptors (Lipinski definition) is 2. The molecule has 2 saturated carbocycles. The molecule has 0 N–H and O–H groups in total. The molecule has 0 spiro atoms. The van der Waals surface area contributed by atoms with E-state index in [1.54, 1.807) is 0 Å². The lowest BCUT2D eigenvalue weighted by molar-refractivity contribution is -0.485. The van der Waals surface area contributed by atoms with Crippen LogP contribution in [0.4, 0.5) is 0 Å². The molecule has 0 aromatic rings. The number of fused-ring (bicyclic) bond motifs is 2. The summed E-state index contributed by atoms with van der Waals surface area (Å²) in [4.78, 5) is 10.5. The molecule has 0 saturated heterocycles. The van der Waals surface area contributed by atoms with Gasteiger partial charge in [0.2, 0.25) is 0 Å². The van der Waals surface area contributed by atoms with E-state index in [0.717, 1.165) is 25.0 Å². The van der Waals surface area contributed by atoms with Crippen molar-refractivity contribution in [3.05, 3.63) is 10.1 Å². The van der Waals surface area contributed by atoms with E-state index < -0.39 is 5.03 Å². The molecule has 2 rings (SSSR count). The highest BCUT2D eigenvalue weighted by atomic mass is 16.7. The van der Waals surface area contributed by atoms with E-state index in [2.05, 4.69) is 32.8 Å². The van der Waals surface area contributed by atoms with Crippen LogP contribution in [0.5, 0.6) is 0 Å². The van der Waals surface area contributed by atoms with Crippen LogP contribution in [0.1, 0.15) is 47.0 Å².